The normalized spacial score (nSPS) is 15.2. The standard InChI is InChI=1S/C35H61N13O9S2/c1-16(2)10-23(46-29(51)21(36)13-58)32(54)44-22(8-7-9-40-35(37)38)30(52)42-18(5)27(49)45-24(11-20-12-39-15-41-20)31(53)43-19(6)28(50)48-26(17(3)4)33(55)47-25(14-59)34(56)57/h12,15-19,21-26,58-59H,7-11,13-14,36H2,1-6H3,(H,39,41)(H,42,52)(H,43,53)(H,44,54)(H,45,49)(H,46,51)(H,47,55)(H,48,50)(H,56,57)(H4,37,38,40). The molecule has 15 N–H and O–H groups in total. The maximum atomic E-state index is 13.6. The summed E-state index contributed by atoms with van der Waals surface area (Å²) in [6.45, 7) is 9.77. The van der Waals surface area contributed by atoms with E-state index >= 15 is 0 Å². The van der Waals surface area contributed by atoms with Gasteiger partial charge in [0.2, 0.25) is 41.4 Å². The van der Waals surface area contributed by atoms with Crippen LogP contribution in [0.15, 0.2) is 17.5 Å². The second kappa shape index (κ2) is 26.1. The van der Waals surface area contributed by atoms with Crippen LogP contribution in [0.3, 0.4) is 0 Å². The highest BCUT2D eigenvalue weighted by atomic mass is 32.1. The molecular formula is C35H61N13O9S2. The van der Waals surface area contributed by atoms with Crippen LogP contribution in [0, 0.1) is 11.8 Å². The molecule has 0 radical (unpaired) electrons. The molecule has 8 unspecified atom stereocenters. The van der Waals surface area contributed by atoms with E-state index in [9.17, 15) is 43.5 Å². The first kappa shape index (κ1) is 51.9. The molecule has 332 valence electrons. The highest BCUT2D eigenvalue weighted by molar-refractivity contribution is 7.80. The van der Waals surface area contributed by atoms with Gasteiger partial charge in [0.05, 0.1) is 12.4 Å². The van der Waals surface area contributed by atoms with Gasteiger partial charge in [0.1, 0.15) is 42.3 Å². The number of aliphatic carboxylic acids is 1. The number of thiol groups is 2. The first-order valence-electron chi connectivity index (χ1n) is 19.0. The van der Waals surface area contributed by atoms with E-state index in [0.29, 0.717) is 5.69 Å². The summed E-state index contributed by atoms with van der Waals surface area (Å²) in [5, 5.41) is 27.0. The van der Waals surface area contributed by atoms with E-state index < -0.39 is 102 Å². The van der Waals surface area contributed by atoms with Gasteiger partial charge in [-0.3, -0.25) is 38.6 Å². The summed E-state index contributed by atoms with van der Waals surface area (Å²) in [6, 6.07) is -9.53. The molecule has 0 bridgehead atoms. The zero-order chi connectivity index (χ0) is 45.0. The lowest BCUT2D eigenvalue weighted by Gasteiger charge is -2.27. The molecule has 0 fully saturated rings. The number of amides is 7. The van der Waals surface area contributed by atoms with Gasteiger partial charge in [0, 0.05) is 36.4 Å². The number of hydrogen-bond acceptors (Lipinski definition) is 13. The van der Waals surface area contributed by atoms with Crippen LogP contribution in [0.2, 0.25) is 0 Å². The molecule has 8 atom stereocenters. The van der Waals surface area contributed by atoms with Gasteiger partial charge in [-0.25, -0.2) is 9.78 Å². The number of H-pyrrole nitrogens is 1. The number of nitrogens with zero attached hydrogens (tertiary/aromatic N) is 2. The number of hydrogen-bond donors (Lipinski definition) is 14. The van der Waals surface area contributed by atoms with Crippen LogP contribution in [-0.2, 0) is 44.8 Å². The number of carbonyl (C=O) groups excluding carboxylic acids is 7. The number of carbonyl (C=O) groups is 8. The van der Waals surface area contributed by atoms with Crippen LogP contribution < -0.4 is 54.4 Å². The van der Waals surface area contributed by atoms with Gasteiger partial charge >= 0.3 is 5.97 Å². The quantitative estimate of drug-likeness (QED) is 0.0186. The summed E-state index contributed by atoms with van der Waals surface area (Å²) < 4.78 is 0. The van der Waals surface area contributed by atoms with Crippen molar-refractivity contribution in [3.8, 4) is 0 Å². The zero-order valence-electron chi connectivity index (χ0n) is 34.1. The molecule has 1 aromatic heterocycles. The Morgan fingerprint density at radius 3 is 1.73 bits per heavy atom. The van der Waals surface area contributed by atoms with Crippen LogP contribution in [0.5, 0.6) is 0 Å². The highest BCUT2D eigenvalue weighted by Crippen LogP contribution is 2.09. The van der Waals surface area contributed by atoms with E-state index in [2.05, 4.69) is 77.4 Å². The van der Waals surface area contributed by atoms with Crippen LogP contribution in [-0.4, -0.2) is 135 Å². The minimum atomic E-state index is -1.31. The number of aromatic amines is 1. The fourth-order valence-electron chi connectivity index (χ4n) is 5.25. The lowest BCUT2D eigenvalue weighted by molar-refractivity contribution is -0.142. The van der Waals surface area contributed by atoms with Crippen LogP contribution in [0.25, 0.3) is 0 Å². The molecule has 22 nitrogen and oxygen atoms in total. The van der Waals surface area contributed by atoms with Crippen molar-refractivity contribution >= 4 is 78.5 Å². The van der Waals surface area contributed by atoms with Crippen molar-refractivity contribution in [3.05, 3.63) is 18.2 Å². The number of carboxylic acid groups (broad SMARTS) is 1. The van der Waals surface area contributed by atoms with Crippen LogP contribution in [0.4, 0.5) is 0 Å². The van der Waals surface area contributed by atoms with Crippen molar-refractivity contribution in [2.24, 2.45) is 34.0 Å². The van der Waals surface area contributed by atoms with E-state index in [-0.39, 0.29) is 55.6 Å². The predicted octanol–water partition coefficient (Wildman–Crippen LogP) is -3.59. The van der Waals surface area contributed by atoms with Crippen LogP contribution in [0.1, 0.15) is 66.5 Å². The number of imidazole rings is 1. The number of aromatic nitrogens is 2. The molecule has 1 heterocycles. The Morgan fingerprint density at radius 2 is 1.24 bits per heavy atom. The fraction of sp³-hybridized carbons (Fsp3) is 0.657. The van der Waals surface area contributed by atoms with E-state index in [0.717, 1.165) is 0 Å². The first-order chi connectivity index (χ1) is 27.6. The third-order valence-corrected chi connectivity index (χ3v) is 9.37. The Morgan fingerprint density at radius 1 is 0.712 bits per heavy atom. The minimum absolute atomic E-state index is 0.0284. The summed E-state index contributed by atoms with van der Waals surface area (Å²) in [4.78, 5) is 115. The molecular weight excluding hydrogens is 811 g/mol. The highest BCUT2D eigenvalue weighted by Gasteiger charge is 2.33. The van der Waals surface area contributed by atoms with E-state index in [1.165, 1.54) is 26.4 Å². The molecule has 0 spiro atoms. The molecule has 0 aromatic carbocycles. The number of carboxylic acids is 1. The summed E-state index contributed by atoms with van der Waals surface area (Å²) in [6.07, 6.45) is 3.15. The molecule has 1 aromatic rings. The van der Waals surface area contributed by atoms with Crippen LogP contribution >= 0.6 is 25.3 Å². The molecule has 0 saturated heterocycles. The molecule has 0 aliphatic rings. The SMILES string of the molecule is CC(C)CC(NC(=O)C(N)CS)C(=O)NC(CCCN=C(N)N)C(=O)NC(C)C(=O)NC(Cc1cnc[nH]1)C(=O)NC(C)C(=O)NC(C(=O)NC(CS)C(=O)O)C(C)C. The van der Waals surface area contributed by atoms with Gasteiger partial charge in [-0.05, 0) is 44.9 Å². The van der Waals surface area contributed by atoms with Gasteiger partial charge in [0.25, 0.3) is 0 Å². The predicted molar refractivity (Wildman–Crippen MR) is 225 cm³/mol. The third kappa shape index (κ3) is 19.0. The number of guanidine groups is 1. The molecule has 1 rings (SSSR count). The molecule has 0 aliphatic heterocycles. The second-order valence-electron chi connectivity index (χ2n) is 14.6. The van der Waals surface area contributed by atoms with E-state index in [4.69, 9.17) is 17.2 Å². The van der Waals surface area contributed by atoms with Crippen molar-refractivity contribution in [2.45, 2.75) is 116 Å². The number of aliphatic imine (C=N–C) groups is 1. The van der Waals surface area contributed by atoms with Gasteiger partial charge in [0.15, 0.2) is 5.96 Å². The Hall–Kier alpha value is -5.10. The maximum Gasteiger partial charge on any atom is 0.327 e. The molecule has 7 amide bonds. The zero-order valence-corrected chi connectivity index (χ0v) is 35.9. The fourth-order valence-corrected chi connectivity index (χ4v) is 5.66. The lowest BCUT2D eigenvalue weighted by atomic mass is 10.0. The second-order valence-corrected chi connectivity index (χ2v) is 15.3. The van der Waals surface area contributed by atoms with Gasteiger partial charge in [-0.1, -0.05) is 27.7 Å². The van der Waals surface area contributed by atoms with Gasteiger partial charge < -0.3 is 64.5 Å². The summed E-state index contributed by atoms with van der Waals surface area (Å²) in [7, 11) is 0. The van der Waals surface area contributed by atoms with Crippen molar-refractivity contribution in [1.82, 2.24) is 47.2 Å². The minimum Gasteiger partial charge on any atom is -0.480 e. The van der Waals surface area contributed by atoms with Gasteiger partial charge in [-0.15, -0.1) is 0 Å². The Labute approximate surface area is 354 Å². The number of nitrogens with two attached hydrogens (primary N) is 3. The Bertz CT molecular complexity index is 1610. The first-order valence-corrected chi connectivity index (χ1v) is 20.2. The smallest absolute Gasteiger partial charge is 0.327 e. The number of nitrogens with one attached hydrogen (secondary N) is 8. The average molecular weight is 872 g/mol. The summed E-state index contributed by atoms with van der Waals surface area (Å²) in [5.74, 6) is -7.35. The van der Waals surface area contributed by atoms with Crippen molar-refractivity contribution in [2.75, 3.05) is 18.1 Å². The van der Waals surface area contributed by atoms with Crippen molar-refractivity contribution < 1.29 is 43.5 Å². The average Bonchev–Trinajstić information content (AvgIpc) is 3.68. The maximum absolute atomic E-state index is 13.6. The monoisotopic (exact) mass is 871 g/mol. The van der Waals surface area contributed by atoms with Crippen molar-refractivity contribution in [3.63, 3.8) is 0 Å². The molecule has 0 saturated carbocycles. The molecule has 59 heavy (non-hydrogen) atoms. The largest absolute Gasteiger partial charge is 0.480 e. The summed E-state index contributed by atoms with van der Waals surface area (Å²) in [5.41, 5.74) is 17.1. The van der Waals surface area contributed by atoms with E-state index in [1.807, 2.05) is 13.8 Å². The lowest BCUT2D eigenvalue weighted by Crippen LogP contribution is -2.60. The topological polar surface area (TPSA) is 360 Å². The Balaban J connectivity index is 3.19. The van der Waals surface area contributed by atoms with Crippen molar-refractivity contribution in [1.29, 1.82) is 0 Å². The molecule has 24 heteroatoms. The number of rotatable bonds is 26. The summed E-state index contributed by atoms with van der Waals surface area (Å²) >= 11 is 7.97. The van der Waals surface area contributed by atoms with E-state index in [1.54, 1.807) is 13.8 Å². The van der Waals surface area contributed by atoms with Gasteiger partial charge in [-0.2, -0.15) is 25.3 Å². The Kier molecular flexibility index (Phi) is 23.0. The molecule has 0 aliphatic carbocycles. The third-order valence-electron chi connectivity index (χ3n) is 8.61.